The number of nitrogens with two attached hydrogens (primary N) is 1. The maximum atomic E-state index is 13.6. The highest BCUT2D eigenvalue weighted by Gasteiger charge is 2.32. The van der Waals surface area contributed by atoms with Crippen LogP contribution >= 0.6 is 0 Å². The number of hydrogen-bond acceptors (Lipinski definition) is 9. The molecule has 2 aromatic heterocycles. The molecule has 0 spiro atoms. The lowest BCUT2D eigenvalue weighted by Gasteiger charge is -2.35. The SMILES string of the molecule is COc1ccccc1NC(=O)Nc1ccc(C)c(N2Cc3cnc(Nc4ccc(N5CCC(C(N)=O)CC5)nc4)nc3N(C)C2=O)c1. The molecule has 6 rings (SSSR count). The lowest BCUT2D eigenvalue weighted by molar-refractivity contribution is -0.122. The first kappa shape index (κ1) is 31.1. The molecule has 14 nitrogen and oxygen atoms in total. The number of carbonyl (C=O) groups is 3. The molecule has 4 aromatic rings. The fourth-order valence-electron chi connectivity index (χ4n) is 5.74. The number of primary amides is 1. The quantitative estimate of drug-likeness (QED) is 0.211. The number of anilines is 7. The number of piperidine rings is 1. The van der Waals surface area contributed by atoms with E-state index in [-0.39, 0.29) is 24.4 Å². The van der Waals surface area contributed by atoms with Crippen molar-refractivity contribution in [1.29, 1.82) is 0 Å². The number of para-hydroxylation sites is 2. The van der Waals surface area contributed by atoms with Gasteiger partial charge in [0.2, 0.25) is 11.9 Å². The van der Waals surface area contributed by atoms with E-state index < -0.39 is 6.03 Å². The van der Waals surface area contributed by atoms with Crippen LogP contribution in [0.4, 0.5) is 49.9 Å². The Morgan fingerprint density at radius 2 is 1.74 bits per heavy atom. The zero-order chi connectivity index (χ0) is 33.1. The van der Waals surface area contributed by atoms with Crippen molar-refractivity contribution in [2.24, 2.45) is 11.7 Å². The van der Waals surface area contributed by atoms with Crippen molar-refractivity contribution < 1.29 is 19.1 Å². The molecule has 0 atom stereocenters. The molecule has 1 fully saturated rings. The molecule has 14 heteroatoms. The molecule has 242 valence electrons. The van der Waals surface area contributed by atoms with Gasteiger partial charge in [0.05, 0.1) is 36.9 Å². The molecule has 0 unspecified atom stereocenters. The largest absolute Gasteiger partial charge is 0.495 e. The predicted octanol–water partition coefficient (Wildman–Crippen LogP) is 4.85. The van der Waals surface area contributed by atoms with Crippen molar-refractivity contribution in [1.82, 2.24) is 15.0 Å². The van der Waals surface area contributed by atoms with Gasteiger partial charge in [-0.2, -0.15) is 4.98 Å². The van der Waals surface area contributed by atoms with Gasteiger partial charge in [-0.3, -0.25) is 14.6 Å². The number of aromatic nitrogens is 3. The van der Waals surface area contributed by atoms with Gasteiger partial charge in [0.15, 0.2) is 0 Å². The van der Waals surface area contributed by atoms with Crippen LogP contribution in [0.2, 0.25) is 0 Å². The van der Waals surface area contributed by atoms with E-state index in [0.29, 0.717) is 53.1 Å². The second-order valence-corrected chi connectivity index (χ2v) is 11.4. The summed E-state index contributed by atoms with van der Waals surface area (Å²) in [6.45, 7) is 3.60. The zero-order valence-electron chi connectivity index (χ0n) is 26.4. The van der Waals surface area contributed by atoms with Crippen LogP contribution in [0.25, 0.3) is 0 Å². The fraction of sp³-hybridized carbons (Fsp3) is 0.273. The Balaban J connectivity index is 1.13. The summed E-state index contributed by atoms with van der Waals surface area (Å²) in [5.74, 6) is 1.86. The number of aryl methyl sites for hydroxylation is 1. The van der Waals surface area contributed by atoms with E-state index in [2.05, 4.69) is 35.8 Å². The van der Waals surface area contributed by atoms with Crippen LogP contribution in [0, 0.1) is 12.8 Å². The molecule has 0 radical (unpaired) electrons. The van der Waals surface area contributed by atoms with Crippen molar-refractivity contribution in [3.8, 4) is 5.75 Å². The molecule has 0 aliphatic carbocycles. The molecule has 2 aliphatic rings. The lowest BCUT2D eigenvalue weighted by atomic mass is 9.96. The molecular formula is C33H36N10O4. The minimum absolute atomic E-state index is 0.0829. The average molecular weight is 637 g/mol. The fourth-order valence-corrected chi connectivity index (χ4v) is 5.74. The second kappa shape index (κ2) is 13.2. The molecule has 0 bridgehead atoms. The number of nitrogens with one attached hydrogen (secondary N) is 3. The molecule has 2 aromatic carbocycles. The number of carbonyl (C=O) groups excluding carboxylic acids is 3. The minimum atomic E-state index is -0.445. The first-order valence-corrected chi connectivity index (χ1v) is 15.2. The molecule has 0 saturated carbocycles. The maximum absolute atomic E-state index is 13.6. The van der Waals surface area contributed by atoms with Crippen molar-refractivity contribution >= 4 is 58.3 Å². The summed E-state index contributed by atoms with van der Waals surface area (Å²) >= 11 is 0. The summed E-state index contributed by atoms with van der Waals surface area (Å²) in [6.07, 6.45) is 4.83. The molecule has 47 heavy (non-hydrogen) atoms. The zero-order valence-corrected chi connectivity index (χ0v) is 26.4. The first-order chi connectivity index (χ1) is 22.7. The van der Waals surface area contributed by atoms with Crippen molar-refractivity contribution in [3.63, 3.8) is 0 Å². The Morgan fingerprint density at radius 3 is 2.47 bits per heavy atom. The van der Waals surface area contributed by atoms with E-state index in [0.717, 1.165) is 30.0 Å². The van der Waals surface area contributed by atoms with Crippen LogP contribution in [0.15, 0.2) is 67.0 Å². The standard InChI is InChI=1S/C33H36N10O4/c1-20-8-9-23(38-32(45)39-25-6-4-5-7-27(25)47-3)16-26(20)43-19-22-17-36-31(40-30(22)41(2)33(43)46)37-24-10-11-28(35-18-24)42-14-12-21(13-15-42)29(34)44/h4-11,16-18,21H,12-15,19H2,1-3H3,(H2,34,44)(H,36,37,40)(H2,38,39,45). The molecule has 5 amide bonds. The number of pyridine rings is 1. The lowest BCUT2D eigenvalue weighted by Crippen LogP contribution is -2.46. The molecule has 1 saturated heterocycles. The third-order valence-corrected chi connectivity index (χ3v) is 8.34. The van der Waals surface area contributed by atoms with E-state index in [4.69, 9.17) is 10.5 Å². The Bertz CT molecular complexity index is 1810. The predicted molar refractivity (Wildman–Crippen MR) is 180 cm³/mol. The second-order valence-electron chi connectivity index (χ2n) is 11.4. The average Bonchev–Trinajstić information content (AvgIpc) is 3.08. The number of rotatable bonds is 8. The van der Waals surface area contributed by atoms with Crippen LogP contribution in [-0.2, 0) is 11.3 Å². The minimum Gasteiger partial charge on any atom is -0.495 e. The number of ether oxygens (including phenoxy) is 1. The van der Waals surface area contributed by atoms with Gasteiger partial charge in [-0.25, -0.2) is 19.6 Å². The van der Waals surface area contributed by atoms with Crippen molar-refractivity contribution in [3.05, 3.63) is 78.1 Å². The van der Waals surface area contributed by atoms with E-state index in [1.165, 1.54) is 12.0 Å². The third-order valence-electron chi connectivity index (χ3n) is 8.34. The van der Waals surface area contributed by atoms with Gasteiger partial charge in [0, 0.05) is 43.5 Å². The summed E-state index contributed by atoms with van der Waals surface area (Å²) < 4.78 is 5.31. The van der Waals surface area contributed by atoms with Gasteiger partial charge < -0.3 is 31.3 Å². The van der Waals surface area contributed by atoms with Crippen LogP contribution < -0.4 is 41.1 Å². The number of fused-ring (bicyclic) bond motifs is 1. The van der Waals surface area contributed by atoms with Gasteiger partial charge in [0.1, 0.15) is 17.4 Å². The van der Waals surface area contributed by atoms with Crippen LogP contribution in [0.3, 0.4) is 0 Å². The molecule has 4 heterocycles. The Kier molecular flexibility index (Phi) is 8.73. The van der Waals surface area contributed by atoms with Gasteiger partial charge in [0.25, 0.3) is 0 Å². The number of urea groups is 2. The third kappa shape index (κ3) is 6.71. The monoisotopic (exact) mass is 636 g/mol. The summed E-state index contributed by atoms with van der Waals surface area (Å²) in [7, 11) is 3.20. The number of hydrogen-bond donors (Lipinski definition) is 4. The van der Waals surface area contributed by atoms with Crippen LogP contribution in [0.1, 0.15) is 24.0 Å². The topological polar surface area (TPSA) is 171 Å². The molecule has 5 N–H and O–H groups in total. The van der Waals surface area contributed by atoms with Crippen molar-refractivity contribution in [2.45, 2.75) is 26.3 Å². The smallest absolute Gasteiger partial charge is 0.330 e. The number of methoxy groups -OCH3 is 1. The van der Waals surface area contributed by atoms with E-state index in [1.807, 2.05) is 31.2 Å². The number of benzene rings is 2. The summed E-state index contributed by atoms with van der Waals surface area (Å²) in [4.78, 5) is 56.8. The van der Waals surface area contributed by atoms with Gasteiger partial charge in [-0.15, -0.1) is 0 Å². The highest BCUT2D eigenvalue weighted by molar-refractivity contribution is 6.06. The maximum Gasteiger partial charge on any atom is 0.330 e. The van der Waals surface area contributed by atoms with E-state index >= 15 is 0 Å². The summed E-state index contributed by atoms with van der Waals surface area (Å²) in [5, 5.41) is 8.80. The molecule has 2 aliphatic heterocycles. The normalized spacial score (nSPS) is 14.8. The Labute approximate surface area is 271 Å². The van der Waals surface area contributed by atoms with Gasteiger partial charge in [-0.1, -0.05) is 18.2 Å². The Morgan fingerprint density at radius 1 is 0.979 bits per heavy atom. The molecular weight excluding hydrogens is 600 g/mol. The number of nitrogens with zero attached hydrogens (tertiary/aromatic N) is 6. The van der Waals surface area contributed by atoms with E-state index in [9.17, 15) is 14.4 Å². The van der Waals surface area contributed by atoms with Crippen LogP contribution in [-0.4, -0.2) is 60.2 Å². The highest BCUT2D eigenvalue weighted by Crippen LogP contribution is 2.34. The highest BCUT2D eigenvalue weighted by atomic mass is 16.5. The summed E-state index contributed by atoms with van der Waals surface area (Å²) in [5.41, 5.74) is 9.47. The van der Waals surface area contributed by atoms with Crippen LogP contribution in [0.5, 0.6) is 5.75 Å². The number of amides is 5. The first-order valence-electron chi connectivity index (χ1n) is 15.2. The van der Waals surface area contributed by atoms with E-state index in [1.54, 1.807) is 54.7 Å². The van der Waals surface area contributed by atoms with Gasteiger partial charge >= 0.3 is 12.1 Å². The summed E-state index contributed by atoms with van der Waals surface area (Å²) in [6, 6.07) is 15.6. The Hall–Kier alpha value is -5.92. The van der Waals surface area contributed by atoms with Gasteiger partial charge in [-0.05, 0) is 61.7 Å². The van der Waals surface area contributed by atoms with Crippen molar-refractivity contribution in [2.75, 3.05) is 57.9 Å².